The SMILES string of the molecule is CCCCCCCCCCCCCCCCOP(=O)(O)OCCc1ccccc1. The van der Waals surface area contributed by atoms with Crippen LogP contribution in [0.15, 0.2) is 30.3 Å². The van der Waals surface area contributed by atoms with Crippen LogP contribution in [-0.4, -0.2) is 18.1 Å². The molecule has 1 atom stereocenters. The quantitative estimate of drug-likeness (QED) is 0.170. The molecule has 0 aliphatic carbocycles. The van der Waals surface area contributed by atoms with Gasteiger partial charge in [0.1, 0.15) is 0 Å². The van der Waals surface area contributed by atoms with Gasteiger partial charge in [0, 0.05) is 0 Å². The summed E-state index contributed by atoms with van der Waals surface area (Å²) in [7, 11) is -3.92. The zero-order chi connectivity index (χ0) is 21.0. The van der Waals surface area contributed by atoms with Crippen LogP contribution in [0.5, 0.6) is 0 Å². The van der Waals surface area contributed by atoms with Crippen LogP contribution in [0.2, 0.25) is 0 Å². The molecule has 1 aromatic rings. The summed E-state index contributed by atoms with van der Waals surface area (Å²) in [6, 6.07) is 9.78. The molecule has 1 aromatic carbocycles. The molecule has 1 rings (SSSR count). The molecule has 0 radical (unpaired) electrons. The van der Waals surface area contributed by atoms with E-state index in [9.17, 15) is 9.46 Å². The summed E-state index contributed by atoms with van der Waals surface area (Å²) >= 11 is 0. The van der Waals surface area contributed by atoms with Crippen LogP contribution in [0.1, 0.15) is 102 Å². The molecular weight excluding hydrogens is 383 g/mol. The second-order valence-corrected chi connectivity index (χ2v) is 9.42. The number of phosphoric ester groups is 1. The van der Waals surface area contributed by atoms with E-state index in [0.717, 1.165) is 18.4 Å². The van der Waals surface area contributed by atoms with Gasteiger partial charge in [0.2, 0.25) is 0 Å². The van der Waals surface area contributed by atoms with E-state index in [1.807, 2.05) is 30.3 Å². The molecule has 0 saturated carbocycles. The fourth-order valence-electron chi connectivity index (χ4n) is 3.44. The van der Waals surface area contributed by atoms with Crippen molar-refractivity contribution in [2.24, 2.45) is 0 Å². The molecule has 0 fully saturated rings. The Labute approximate surface area is 179 Å². The molecule has 4 nitrogen and oxygen atoms in total. The largest absolute Gasteiger partial charge is 0.472 e. The van der Waals surface area contributed by atoms with Crippen molar-refractivity contribution in [3.05, 3.63) is 35.9 Å². The molecule has 0 spiro atoms. The zero-order valence-electron chi connectivity index (χ0n) is 18.5. The average molecular weight is 427 g/mol. The summed E-state index contributed by atoms with van der Waals surface area (Å²) in [6.07, 6.45) is 18.6. The van der Waals surface area contributed by atoms with Gasteiger partial charge in [0.05, 0.1) is 13.2 Å². The maximum absolute atomic E-state index is 11.8. The molecule has 0 aromatic heterocycles. The van der Waals surface area contributed by atoms with Gasteiger partial charge in [-0.3, -0.25) is 9.05 Å². The topological polar surface area (TPSA) is 55.8 Å². The van der Waals surface area contributed by atoms with E-state index in [2.05, 4.69) is 6.92 Å². The van der Waals surface area contributed by atoms with Gasteiger partial charge in [-0.05, 0) is 18.4 Å². The van der Waals surface area contributed by atoms with Crippen LogP contribution in [0.4, 0.5) is 0 Å². The van der Waals surface area contributed by atoms with E-state index >= 15 is 0 Å². The minimum Gasteiger partial charge on any atom is -0.302 e. The van der Waals surface area contributed by atoms with Gasteiger partial charge in [-0.25, -0.2) is 4.57 Å². The Morgan fingerprint density at radius 3 is 1.66 bits per heavy atom. The van der Waals surface area contributed by atoms with Crippen LogP contribution in [0, 0.1) is 0 Å². The van der Waals surface area contributed by atoms with Crippen molar-refractivity contribution in [2.45, 2.75) is 103 Å². The van der Waals surface area contributed by atoms with Crippen LogP contribution >= 0.6 is 7.82 Å². The van der Waals surface area contributed by atoms with Crippen LogP contribution in [0.25, 0.3) is 0 Å². The van der Waals surface area contributed by atoms with E-state index < -0.39 is 7.82 Å². The highest BCUT2D eigenvalue weighted by Gasteiger charge is 2.20. The third-order valence-electron chi connectivity index (χ3n) is 5.24. The number of phosphoric acid groups is 1. The third-order valence-corrected chi connectivity index (χ3v) is 6.26. The second-order valence-electron chi connectivity index (χ2n) is 7.97. The number of unbranched alkanes of at least 4 members (excludes halogenated alkanes) is 13. The number of rotatable bonds is 20. The number of hydrogen-bond donors (Lipinski definition) is 1. The highest BCUT2D eigenvalue weighted by Crippen LogP contribution is 2.43. The molecule has 0 saturated heterocycles. The zero-order valence-corrected chi connectivity index (χ0v) is 19.4. The molecule has 0 amide bonds. The lowest BCUT2D eigenvalue weighted by molar-refractivity contribution is 0.148. The lowest BCUT2D eigenvalue weighted by Gasteiger charge is -2.12. The van der Waals surface area contributed by atoms with Gasteiger partial charge in [0.15, 0.2) is 0 Å². The molecule has 168 valence electrons. The van der Waals surface area contributed by atoms with Crippen molar-refractivity contribution >= 4 is 7.82 Å². The molecule has 29 heavy (non-hydrogen) atoms. The first-order valence-corrected chi connectivity index (χ1v) is 13.3. The van der Waals surface area contributed by atoms with Gasteiger partial charge in [-0.15, -0.1) is 0 Å². The monoisotopic (exact) mass is 426 g/mol. The fourth-order valence-corrected chi connectivity index (χ4v) is 4.19. The fraction of sp³-hybridized carbons (Fsp3) is 0.750. The minimum absolute atomic E-state index is 0.191. The van der Waals surface area contributed by atoms with Crippen molar-refractivity contribution < 1.29 is 18.5 Å². The Balaban J connectivity index is 1.84. The third kappa shape index (κ3) is 16.8. The van der Waals surface area contributed by atoms with Gasteiger partial charge in [-0.1, -0.05) is 121 Å². The van der Waals surface area contributed by atoms with Crippen LogP contribution < -0.4 is 0 Å². The first-order valence-electron chi connectivity index (χ1n) is 11.8. The Hall–Kier alpha value is -0.670. The smallest absolute Gasteiger partial charge is 0.302 e. The highest BCUT2D eigenvalue weighted by atomic mass is 31.2. The normalized spacial score (nSPS) is 13.4. The van der Waals surface area contributed by atoms with Crippen molar-refractivity contribution in [3.63, 3.8) is 0 Å². The molecule has 0 aliphatic rings. The van der Waals surface area contributed by atoms with E-state index in [4.69, 9.17) is 9.05 Å². The van der Waals surface area contributed by atoms with Crippen molar-refractivity contribution in [1.82, 2.24) is 0 Å². The Morgan fingerprint density at radius 2 is 1.14 bits per heavy atom. The van der Waals surface area contributed by atoms with Crippen molar-refractivity contribution in [2.75, 3.05) is 13.2 Å². The van der Waals surface area contributed by atoms with E-state index in [-0.39, 0.29) is 13.2 Å². The Morgan fingerprint density at radius 1 is 0.690 bits per heavy atom. The van der Waals surface area contributed by atoms with E-state index in [0.29, 0.717) is 6.42 Å². The average Bonchev–Trinajstić information content (AvgIpc) is 2.71. The van der Waals surface area contributed by atoms with Crippen molar-refractivity contribution in [3.8, 4) is 0 Å². The minimum atomic E-state index is -3.92. The molecule has 0 heterocycles. The van der Waals surface area contributed by atoms with Crippen LogP contribution in [0.3, 0.4) is 0 Å². The predicted molar refractivity (Wildman–Crippen MR) is 122 cm³/mol. The second kappa shape index (κ2) is 18.1. The van der Waals surface area contributed by atoms with E-state index in [1.54, 1.807) is 0 Å². The first kappa shape index (κ1) is 26.4. The highest BCUT2D eigenvalue weighted by molar-refractivity contribution is 7.47. The van der Waals surface area contributed by atoms with Gasteiger partial charge in [0.25, 0.3) is 0 Å². The summed E-state index contributed by atoms with van der Waals surface area (Å²) in [4.78, 5) is 9.71. The molecule has 0 bridgehead atoms. The van der Waals surface area contributed by atoms with Crippen molar-refractivity contribution in [1.29, 1.82) is 0 Å². The predicted octanol–water partition coefficient (Wildman–Crippen LogP) is 7.84. The van der Waals surface area contributed by atoms with Gasteiger partial charge >= 0.3 is 7.82 Å². The Bertz CT molecular complexity index is 521. The molecular formula is C24H43O4P. The maximum Gasteiger partial charge on any atom is 0.472 e. The van der Waals surface area contributed by atoms with Gasteiger partial charge < -0.3 is 4.89 Å². The standard InChI is InChI=1S/C24H43O4P/c1-2-3-4-5-6-7-8-9-10-11-12-13-14-18-22-27-29(25,26)28-23-21-24-19-16-15-17-20-24/h15-17,19-20H,2-14,18,21-23H2,1H3,(H,25,26). The summed E-state index contributed by atoms with van der Waals surface area (Å²) in [6.45, 7) is 2.74. The van der Waals surface area contributed by atoms with Crippen LogP contribution in [-0.2, 0) is 20.0 Å². The Kier molecular flexibility index (Phi) is 16.5. The van der Waals surface area contributed by atoms with E-state index in [1.165, 1.54) is 77.0 Å². The summed E-state index contributed by atoms with van der Waals surface area (Å²) < 4.78 is 22.0. The van der Waals surface area contributed by atoms with Gasteiger partial charge in [-0.2, -0.15) is 0 Å². The molecule has 1 N–H and O–H groups in total. The lowest BCUT2D eigenvalue weighted by Crippen LogP contribution is -2.01. The summed E-state index contributed by atoms with van der Waals surface area (Å²) in [5.74, 6) is 0. The number of benzene rings is 1. The molecule has 5 heteroatoms. The molecule has 1 unspecified atom stereocenters. The first-order chi connectivity index (χ1) is 14.1. The summed E-state index contributed by atoms with van der Waals surface area (Å²) in [5, 5.41) is 0. The lowest BCUT2D eigenvalue weighted by atomic mass is 10.0. The molecule has 0 aliphatic heterocycles. The maximum atomic E-state index is 11.8. The summed E-state index contributed by atoms with van der Waals surface area (Å²) in [5.41, 5.74) is 1.08. The number of hydrogen-bond acceptors (Lipinski definition) is 3.